The van der Waals surface area contributed by atoms with Crippen LogP contribution in [0, 0.1) is 20.8 Å². The molecule has 0 aliphatic carbocycles. The van der Waals surface area contributed by atoms with Gasteiger partial charge in [0.15, 0.2) is 6.16 Å². The number of benzene rings is 1. The number of hydrogen-bond donors (Lipinski definition) is 0. The Hall–Kier alpha value is -1.74. The van der Waals surface area contributed by atoms with E-state index in [0.29, 0.717) is 5.06 Å². The van der Waals surface area contributed by atoms with E-state index in [1.54, 1.807) is 0 Å². The predicted molar refractivity (Wildman–Crippen MR) is 82.0 cm³/mol. The lowest BCUT2D eigenvalue weighted by Gasteiger charge is -2.11. The molecule has 2 amide bonds. The predicted octanol–water partition coefficient (Wildman–Crippen LogP) is 1.26. The smallest absolute Gasteiger partial charge is 0.326 e. The van der Waals surface area contributed by atoms with Crippen LogP contribution in [-0.2, 0) is 19.2 Å². The highest BCUT2D eigenvalue weighted by Gasteiger charge is 2.33. The van der Waals surface area contributed by atoms with E-state index in [-0.39, 0.29) is 27.6 Å². The molecule has 6 heteroatoms. The van der Waals surface area contributed by atoms with E-state index in [1.165, 1.54) is 22.0 Å². The van der Waals surface area contributed by atoms with Gasteiger partial charge >= 0.3 is 5.97 Å². The van der Waals surface area contributed by atoms with Crippen LogP contribution < -0.4 is 5.30 Å². The van der Waals surface area contributed by atoms with Gasteiger partial charge in [0, 0.05) is 21.4 Å². The molecule has 1 unspecified atom stereocenters. The maximum atomic E-state index is 11.8. The minimum atomic E-state index is -0.520. The topological polar surface area (TPSA) is 63.7 Å². The summed E-state index contributed by atoms with van der Waals surface area (Å²) in [6.45, 7) is 6.10. The van der Waals surface area contributed by atoms with Crippen molar-refractivity contribution in [1.82, 2.24) is 5.06 Å². The first-order chi connectivity index (χ1) is 9.88. The zero-order valence-electron chi connectivity index (χ0n) is 12.4. The van der Waals surface area contributed by atoms with Gasteiger partial charge in [-0.3, -0.25) is 9.59 Å². The molecule has 112 valence electrons. The van der Waals surface area contributed by atoms with Crippen LogP contribution >= 0.6 is 8.58 Å². The van der Waals surface area contributed by atoms with Gasteiger partial charge in [0.25, 0.3) is 11.8 Å². The highest BCUT2D eigenvalue weighted by molar-refractivity contribution is 7.48. The second-order valence-electron chi connectivity index (χ2n) is 5.27. The second-order valence-corrected chi connectivity index (χ2v) is 6.66. The van der Waals surface area contributed by atoms with Gasteiger partial charge in [0.05, 0.1) is 5.30 Å². The lowest BCUT2D eigenvalue weighted by Crippen LogP contribution is -2.32. The molecule has 21 heavy (non-hydrogen) atoms. The summed E-state index contributed by atoms with van der Waals surface area (Å²) < 4.78 is 0. The maximum absolute atomic E-state index is 11.8. The van der Waals surface area contributed by atoms with Crippen LogP contribution in [0.3, 0.4) is 0 Å². The highest BCUT2D eigenvalue weighted by atomic mass is 31.1. The Bertz CT molecular complexity index is 573. The summed E-state index contributed by atoms with van der Waals surface area (Å²) in [5, 5.41) is 1.80. The molecule has 0 aromatic heterocycles. The summed E-state index contributed by atoms with van der Waals surface area (Å²) in [4.78, 5) is 39.4. The molecule has 0 N–H and O–H groups in total. The normalized spacial score (nSPS) is 15.3. The summed E-state index contributed by atoms with van der Waals surface area (Å²) in [5.74, 6) is -1.40. The largest absolute Gasteiger partial charge is 0.369 e. The lowest BCUT2D eigenvalue weighted by atomic mass is 10.1. The molecule has 5 nitrogen and oxygen atoms in total. The third kappa shape index (κ3) is 3.67. The van der Waals surface area contributed by atoms with Crippen molar-refractivity contribution in [2.45, 2.75) is 33.6 Å². The second kappa shape index (κ2) is 6.35. The van der Waals surface area contributed by atoms with Crippen molar-refractivity contribution in [2.75, 3.05) is 6.16 Å². The van der Waals surface area contributed by atoms with Gasteiger partial charge in [-0.2, -0.15) is 0 Å². The maximum Gasteiger partial charge on any atom is 0.369 e. The number of hydroxylamine groups is 2. The summed E-state index contributed by atoms with van der Waals surface area (Å²) in [6.07, 6.45) is 0.464. The highest BCUT2D eigenvalue weighted by Crippen LogP contribution is 2.19. The number of rotatable bonds is 4. The van der Waals surface area contributed by atoms with E-state index in [1.807, 2.05) is 20.8 Å². The molecular formula is C15H19NO4P+. The average molecular weight is 308 g/mol. The van der Waals surface area contributed by atoms with E-state index in [9.17, 15) is 14.4 Å². The van der Waals surface area contributed by atoms with Crippen molar-refractivity contribution >= 4 is 31.7 Å². The van der Waals surface area contributed by atoms with E-state index in [0.717, 1.165) is 0 Å². The van der Waals surface area contributed by atoms with Crippen molar-refractivity contribution in [3.8, 4) is 0 Å². The summed E-state index contributed by atoms with van der Waals surface area (Å²) >= 11 is 0. The molecule has 2 rings (SSSR count). The lowest BCUT2D eigenvalue weighted by molar-refractivity contribution is -0.195. The minimum Gasteiger partial charge on any atom is -0.326 e. The number of nitrogens with zero attached hydrogens (tertiary/aromatic N) is 1. The van der Waals surface area contributed by atoms with Gasteiger partial charge in [-0.25, -0.2) is 4.79 Å². The van der Waals surface area contributed by atoms with Crippen LogP contribution in [0.25, 0.3) is 0 Å². The number of carbonyl (C=O) groups is 3. The van der Waals surface area contributed by atoms with Crippen molar-refractivity contribution < 1.29 is 19.2 Å². The van der Waals surface area contributed by atoms with Gasteiger partial charge < -0.3 is 4.84 Å². The Morgan fingerprint density at radius 3 is 2.19 bits per heavy atom. The van der Waals surface area contributed by atoms with Gasteiger partial charge in [-0.05, 0) is 31.9 Å². The first-order valence-electron chi connectivity index (χ1n) is 6.86. The Balaban J connectivity index is 1.96. The molecule has 1 saturated heterocycles. The molecule has 1 aliphatic heterocycles. The Labute approximate surface area is 125 Å². The van der Waals surface area contributed by atoms with Crippen molar-refractivity contribution in [2.24, 2.45) is 0 Å². The molecule has 0 saturated carbocycles. The van der Waals surface area contributed by atoms with Crippen molar-refractivity contribution in [1.29, 1.82) is 0 Å². The number of imide groups is 1. The zero-order valence-corrected chi connectivity index (χ0v) is 13.6. The van der Waals surface area contributed by atoms with Crippen LogP contribution in [0.1, 0.15) is 29.5 Å². The van der Waals surface area contributed by atoms with Gasteiger partial charge in [-0.1, -0.05) is 17.7 Å². The molecule has 1 heterocycles. The molecule has 1 aliphatic rings. The Morgan fingerprint density at radius 2 is 1.67 bits per heavy atom. The minimum absolute atomic E-state index is 0.120. The summed E-state index contributed by atoms with van der Waals surface area (Å²) in [7, 11) is -0.283. The molecule has 1 atom stereocenters. The molecule has 0 spiro atoms. The summed E-state index contributed by atoms with van der Waals surface area (Å²) in [6, 6.07) is 4.18. The van der Waals surface area contributed by atoms with Gasteiger partial charge in [0.2, 0.25) is 0 Å². The van der Waals surface area contributed by atoms with Crippen LogP contribution in [-0.4, -0.2) is 29.0 Å². The van der Waals surface area contributed by atoms with Crippen LogP contribution in [0.4, 0.5) is 0 Å². The van der Waals surface area contributed by atoms with E-state index in [2.05, 4.69) is 12.1 Å². The first-order valence-corrected chi connectivity index (χ1v) is 8.25. The average Bonchev–Trinajstić information content (AvgIpc) is 2.69. The van der Waals surface area contributed by atoms with Gasteiger partial charge in [0.1, 0.15) is 0 Å². The molecular weight excluding hydrogens is 289 g/mol. The van der Waals surface area contributed by atoms with Crippen LogP contribution in [0.15, 0.2) is 12.1 Å². The number of carbonyl (C=O) groups excluding carboxylic acids is 3. The molecule has 1 fully saturated rings. The van der Waals surface area contributed by atoms with Crippen molar-refractivity contribution in [3.63, 3.8) is 0 Å². The molecule has 1 aromatic carbocycles. The van der Waals surface area contributed by atoms with Crippen LogP contribution in [0.5, 0.6) is 0 Å². The number of amides is 2. The van der Waals surface area contributed by atoms with Crippen molar-refractivity contribution in [3.05, 3.63) is 28.8 Å². The first kappa shape index (κ1) is 15.6. The standard InChI is InChI=1S/C15H18NO4P/c1-9-6-10(2)15(11(3)7-9)21-8-14(19)20-16-12(17)4-5-13(16)18/h6-7,21H,4-5,8H2,1-3H3/p+1. The van der Waals surface area contributed by atoms with E-state index < -0.39 is 17.8 Å². The van der Waals surface area contributed by atoms with Gasteiger partial charge in [-0.15, -0.1) is 5.06 Å². The zero-order chi connectivity index (χ0) is 15.6. The fraction of sp³-hybridized carbons (Fsp3) is 0.400. The number of aryl methyl sites for hydroxylation is 3. The third-order valence-corrected chi connectivity index (χ3v) is 5.27. The molecule has 0 radical (unpaired) electrons. The monoisotopic (exact) mass is 308 g/mol. The fourth-order valence-electron chi connectivity index (χ4n) is 2.50. The molecule has 1 aromatic rings. The Morgan fingerprint density at radius 1 is 1.14 bits per heavy atom. The number of hydrogen-bond acceptors (Lipinski definition) is 4. The van der Waals surface area contributed by atoms with E-state index in [4.69, 9.17) is 4.84 Å². The molecule has 0 bridgehead atoms. The quantitative estimate of drug-likeness (QED) is 0.620. The SMILES string of the molecule is Cc1cc(C)c([PH2+]CC(=O)ON2C(=O)CCC2=O)c(C)c1. The van der Waals surface area contributed by atoms with Crippen LogP contribution in [0.2, 0.25) is 0 Å². The third-order valence-electron chi connectivity index (χ3n) is 3.41. The summed E-state index contributed by atoms with van der Waals surface area (Å²) in [5.41, 5.74) is 3.54. The fourth-order valence-corrected chi connectivity index (χ4v) is 3.75. The Kier molecular flexibility index (Phi) is 4.73. The van der Waals surface area contributed by atoms with E-state index >= 15 is 0 Å².